The maximum atomic E-state index is 12.2. The van der Waals surface area contributed by atoms with Crippen LogP contribution in [0.2, 0.25) is 0 Å². The Hall–Kier alpha value is -2.21. The van der Waals surface area contributed by atoms with Gasteiger partial charge in [-0.2, -0.15) is 0 Å². The maximum absolute atomic E-state index is 12.2. The van der Waals surface area contributed by atoms with E-state index in [0.29, 0.717) is 17.1 Å². The van der Waals surface area contributed by atoms with Crippen molar-refractivity contribution in [1.82, 2.24) is 0 Å². The number of phenolic OH excluding ortho intramolecular Hbond substituents is 1. The molecule has 0 unspecified atom stereocenters. The van der Waals surface area contributed by atoms with Crippen LogP contribution in [-0.2, 0) is 0 Å². The molecule has 0 atom stereocenters. The van der Waals surface area contributed by atoms with E-state index in [2.05, 4.69) is 21.2 Å². The first-order valence-corrected chi connectivity index (χ1v) is 6.54. The van der Waals surface area contributed by atoms with E-state index in [4.69, 9.17) is 10.5 Å². The third-order valence-corrected chi connectivity index (χ3v) is 3.21. The number of carbonyl (C=O) groups is 1. The smallest absolute Gasteiger partial charge is 0.257 e. The first-order valence-electron chi connectivity index (χ1n) is 5.74. The quantitative estimate of drug-likeness (QED) is 0.594. The molecule has 0 heterocycles. The summed E-state index contributed by atoms with van der Waals surface area (Å²) in [6.07, 6.45) is 0. The fourth-order valence-corrected chi connectivity index (χ4v) is 2.02. The van der Waals surface area contributed by atoms with Gasteiger partial charge in [0.1, 0.15) is 11.5 Å². The zero-order chi connectivity index (χ0) is 14.7. The summed E-state index contributed by atoms with van der Waals surface area (Å²) in [5, 5.41) is 12.3. The molecule has 0 radical (unpaired) electrons. The number of ether oxygens (including phenoxy) is 1. The average Bonchev–Trinajstić information content (AvgIpc) is 2.43. The van der Waals surface area contributed by atoms with Gasteiger partial charge in [0.15, 0.2) is 0 Å². The number of hydrogen-bond acceptors (Lipinski definition) is 4. The lowest BCUT2D eigenvalue weighted by Crippen LogP contribution is -2.14. The van der Waals surface area contributed by atoms with E-state index >= 15 is 0 Å². The number of aromatic hydroxyl groups is 1. The third kappa shape index (κ3) is 3.03. The molecule has 0 saturated carbocycles. The van der Waals surface area contributed by atoms with Gasteiger partial charge in [-0.25, -0.2) is 0 Å². The van der Waals surface area contributed by atoms with E-state index in [1.54, 1.807) is 30.3 Å². The van der Waals surface area contributed by atoms with Gasteiger partial charge < -0.3 is 20.9 Å². The Morgan fingerprint density at radius 2 is 2.05 bits per heavy atom. The number of nitrogens with one attached hydrogen (secondary N) is 1. The summed E-state index contributed by atoms with van der Waals surface area (Å²) in [6.45, 7) is 0. The fourth-order valence-electron chi connectivity index (χ4n) is 1.66. The van der Waals surface area contributed by atoms with E-state index in [0.717, 1.165) is 4.47 Å². The summed E-state index contributed by atoms with van der Waals surface area (Å²) >= 11 is 3.27. The standard InChI is InChI=1S/C14H13BrN2O3/c1-20-9-3-4-11(16)10(7-9)14(19)17-12-6-8(15)2-5-13(12)18/h2-7,18H,16H2,1H3,(H,17,19). The summed E-state index contributed by atoms with van der Waals surface area (Å²) < 4.78 is 5.80. The van der Waals surface area contributed by atoms with Gasteiger partial charge in [-0.3, -0.25) is 4.79 Å². The minimum absolute atomic E-state index is 0.0250. The zero-order valence-corrected chi connectivity index (χ0v) is 12.3. The van der Waals surface area contributed by atoms with Crippen LogP contribution >= 0.6 is 15.9 Å². The van der Waals surface area contributed by atoms with E-state index in [9.17, 15) is 9.90 Å². The number of nitrogens with two attached hydrogens (primary N) is 1. The molecule has 2 rings (SSSR count). The molecule has 0 bridgehead atoms. The lowest BCUT2D eigenvalue weighted by molar-refractivity contribution is 0.102. The molecule has 0 saturated heterocycles. The Kier molecular flexibility index (Phi) is 4.14. The lowest BCUT2D eigenvalue weighted by Gasteiger charge is -2.10. The molecule has 0 fully saturated rings. The molecule has 0 aliphatic carbocycles. The number of amides is 1. The molecule has 0 aliphatic heterocycles. The lowest BCUT2D eigenvalue weighted by atomic mass is 10.1. The molecule has 4 N–H and O–H groups in total. The molecule has 0 aromatic heterocycles. The molecule has 2 aromatic carbocycles. The molecular formula is C14H13BrN2O3. The SMILES string of the molecule is COc1ccc(N)c(C(=O)Nc2cc(Br)ccc2O)c1. The van der Waals surface area contributed by atoms with Crippen molar-refractivity contribution in [2.75, 3.05) is 18.2 Å². The van der Waals surface area contributed by atoms with Crippen LogP contribution in [0.25, 0.3) is 0 Å². The molecular weight excluding hydrogens is 324 g/mol. The van der Waals surface area contributed by atoms with E-state index in [1.807, 2.05) is 0 Å². The molecule has 104 valence electrons. The summed E-state index contributed by atoms with van der Waals surface area (Å²) in [4.78, 5) is 12.2. The number of carbonyl (C=O) groups excluding carboxylic acids is 1. The molecule has 0 spiro atoms. The van der Waals surface area contributed by atoms with Crippen molar-refractivity contribution < 1.29 is 14.6 Å². The normalized spacial score (nSPS) is 10.1. The highest BCUT2D eigenvalue weighted by molar-refractivity contribution is 9.10. The number of benzene rings is 2. The van der Waals surface area contributed by atoms with Crippen molar-refractivity contribution in [3.8, 4) is 11.5 Å². The van der Waals surface area contributed by atoms with Crippen molar-refractivity contribution in [3.63, 3.8) is 0 Å². The number of nitrogen functional groups attached to an aromatic ring is 1. The summed E-state index contributed by atoms with van der Waals surface area (Å²) in [5.74, 6) is 0.0839. The second kappa shape index (κ2) is 5.83. The van der Waals surface area contributed by atoms with E-state index in [1.165, 1.54) is 13.2 Å². The van der Waals surface area contributed by atoms with Crippen LogP contribution in [0.15, 0.2) is 40.9 Å². The monoisotopic (exact) mass is 336 g/mol. The second-order valence-corrected chi connectivity index (χ2v) is 4.98. The zero-order valence-electron chi connectivity index (χ0n) is 10.7. The van der Waals surface area contributed by atoms with Gasteiger partial charge in [0, 0.05) is 10.2 Å². The first kappa shape index (κ1) is 14.2. The number of phenols is 1. The van der Waals surface area contributed by atoms with Crippen LogP contribution < -0.4 is 15.8 Å². The first-order chi connectivity index (χ1) is 9.51. The highest BCUT2D eigenvalue weighted by atomic mass is 79.9. The van der Waals surface area contributed by atoms with Crippen LogP contribution in [0.3, 0.4) is 0 Å². The predicted molar refractivity (Wildman–Crippen MR) is 81.2 cm³/mol. The van der Waals surface area contributed by atoms with Crippen molar-refractivity contribution in [2.45, 2.75) is 0 Å². The molecule has 2 aromatic rings. The molecule has 5 nitrogen and oxygen atoms in total. The highest BCUT2D eigenvalue weighted by Crippen LogP contribution is 2.28. The van der Waals surface area contributed by atoms with Crippen molar-refractivity contribution >= 4 is 33.2 Å². The largest absolute Gasteiger partial charge is 0.506 e. The number of anilines is 2. The molecule has 6 heteroatoms. The number of rotatable bonds is 3. The Labute approximate surface area is 124 Å². The molecule has 1 amide bonds. The summed E-state index contributed by atoms with van der Waals surface area (Å²) in [6, 6.07) is 9.56. The van der Waals surface area contributed by atoms with Crippen LogP contribution in [-0.4, -0.2) is 18.1 Å². The topological polar surface area (TPSA) is 84.6 Å². The van der Waals surface area contributed by atoms with E-state index in [-0.39, 0.29) is 11.3 Å². The second-order valence-electron chi connectivity index (χ2n) is 4.07. The van der Waals surface area contributed by atoms with Crippen LogP contribution in [0.1, 0.15) is 10.4 Å². The predicted octanol–water partition coefficient (Wildman–Crippen LogP) is 3.00. The molecule has 20 heavy (non-hydrogen) atoms. The Balaban J connectivity index is 2.30. The van der Waals surface area contributed by atoms with Gasteiger partial charge in [0.2, 0.25) is 0 Å². The van der Waals surface area contributed by atoms with Gasteiger partial charge in [0.25, 0.3) is 5.91 Å². The van der Waals surface area contributed by atoms with Crippen LogP contribution in [0.4, 0.5) is 11.4 Å². The average molecular weight is 337 g/mol. The number of hydrogen-bond donors (Lipinski definition) is 3. The number of methoxy groups -OCH3 is 1. The molecule has 0 aliphatic rings. The Morgan fingerprint density at radius 3 is 2.75 bits per heavy atom. The minimum atomic E-state index is -0.421. The summed E-state index contributed by atoms with van der Waals surface area (Å²) in [5.41, 5.74) is 6.69. The van der Waals surface area contributed by atoms with Gasteiger partial charge in [0.05, 0.1) is 18.4 Å². The maximum Gasteiger partial charge on any atom is 0.257 e. The van der Waals surface area contributed by atoms with Crippen molar-refractivity contribution in [1.29, 1.82) is 0 Å². The van der Waals surface area contributed by atoms with Crippen LogP contribution in [0, 0.1) is 0 Å². The van der Waals surface area contributed by atoms with Gasteiger partial charge in [-0.05, 0) is 36.4 Å². The third-order valence-electron chi connectivity index (χ3n) is 2.71. The highest BCUT2D eigenvalue weighted by Gasteiger charge is 2.13. The van der Waals surface area contributed by atoms with Crippen molar-refractivity contribution in [3.05, 3.63) is 46.4 Å². The van der Waals surface area contributed by atoms with Crippen molar-refractivity contribution in [2.24, 2.45) is 0 Å². The minimum Gasteiger partial charge on any atom is -0.506 e. The Morgan fingerprint density at radius 1 is 1.30 bits per heavy atom. The Bertz CT molecular complexity index is 659. The van der Waals surface area contributed by atoms with Gasteiger partial charge in [-0.15, -0.1) is 0 Å². The van der Waals surface area contributed by atoms with Crippen LogP contribution in [0.5, 0.6) is 11.5 Å². The fraction of sp³-hybridized carbons (Fsp3) is 0.0714. The van der Waals surface area contributed by atoms with Gasteiger partial charge in [-0.1, -0.05) is 15.9 Å². The summed E-state index contributed by atoms with van der Waals surface area (Å²) in [7, 11) is 1.51. The van der Waals surface area contributed by atoms with Gasteiger partial charge >= 0.3 is 0 Å². The number of halogens is 1. The van der Waals surface area contributed by atoms with E-state index < -0.39 is 5.91 Å².